The lowest BCUT2D eigenvalue weighted by Crippen LogP contribution is -2.38. The van der Waals surface area contributed by atoms with E-state index in [9.17, 15) is 13.2 Å². The number of amides is 2. The minimum atomic E-state index is -4.83. The van der Waals surface area contributed by atoms with Crippen molar-refractivity contribution >= 4 is 22.8 Å². The summed E-state index contributed by atoms with van der Waals surface area (Å²) in [5, 5.41) is 11.9. The molecule has 0 aromatic carbocycles. The number of fused-ring (bicyclic) bond motifs is 4. The molecular formula is C9H12N6O5S. The van der Waals surface area contributed by atoms with E-state index in [1.165, 1.54) is 15.8 Å². The zero-order valence-corrected chi connectivity index (χ0v) is 11.4. The number of hydroxylamine groups is 2. The molecule has 3 rings (SSSR count). The molecular weight excluding hydrogens is 304 g/mol. The van der Waals surface area contributed by atoms with Crippen LogP contribution in [-0.2, 0) is 14.7 Å². The van der Waals surface area contributed by atoms with Crippen molar-refractivity contribution in [3.63, 3.8) is 0 Å². The minimum Gasteiger partial charge on any atom is -0.328 e. The summed E-state index contributed by atoms with van der Waals surface area (Å²) in [5.74, 6) is 0. The molecule has 1 saturated heterocycles. The molecule has 0 radical (unpaired) electrons. The van der Waals surface area contributed by atoms with Crippen molar-refractivity contribution in [3.8, 4) is 0 Å². The first-order valence-electron chi connectivity index (χ1n) is 5.92. The number of nitrogens with one attached hydrogen (secondary N) is 1. The molecule has 2 aliphatic rings. The van der Waals surface area contributed by atoms with Crippen molar-refractivity contribution in [1.82, 2.24) is 19.7 Å². The second kappa shape index (κ2) is 4.49. The van der Waals surface area contributed by atoms with Crippen LogP contribution in [0.5, 0.6) is 0 Å². The largest absolute Gasteiger partial charge is 0.418 e. The van der Waals surface area contributed by atoms with Crippen molar-refractivity contribution in [3.05, 3.63) is 17.5 Å². The Morgan fingerprint density at radius 3 is 2.90 bits per heavy atom. The number of nitrogens with two attached hydrogens (primary N) is 1. The third-order valence-corrected chi connectivity index (χ3v) is 3.81. The average molecular weight is 316 g/mol. The maximum Gasteiger partial charge on any atom is 0.418 e. The molecule has 0 aliphatic carbocycles. The van der Waals surface area contributed by atoms with Crippen LogP contribution in [0.3, 0.4) is 0 Å². The third-order valence-electron chi connectivity index (χ3n) is 3.46. The summed E-state index contributed by atoms with van der Waals surface area (Å²) in [4.78, 5) is 13.5. The second-order valence-electron chi connectivity index (χ2n) is 4.61. The monoisotopic (exact) mass is 316 g/mol. The van der Waals surface area contributed by atoms with Gasteiger partial charge in [-0.3, -0.25) is 9.96 Å². The van der Waals surface area contributed by atoms with Crippen LogP contribution in [0.25, 0.3) is 0 Å². The third kappa shape index (κ3) is 2.08. The average Bonchev–Trinajstić information content (AvgIpc) is 2.94. The standard InChI is InChI=1S/C9H12N6O5S/c10-1-6-8-5(2-13(4-11)12-8)7-3-14(6)9(16)15(7)20-21(17,18)19/h2,4,6-7,11H,1,3,10H2,(H,17,18,19)/t6-,7-/m1/s1. The van der Waals surface area contributed by atoms with Crippen LogP contribution in [0.15, 0.2) is 6.20 Å². The number of urea groups is 1. The van der Waals surface area contributed by atoms with Gasteiger partial charge >= 0.3 is 16.4 Å². The van der Waals surface area contributed by atoms with E-state index in [4.69, 9.17) is 15.7 Å². The van der Waals surface area contributed by atoms with Gasteiger partial charge in [-0.2, -0.15) is 18.6 Å². The van der Waals surface area contributed by atoms with Crippen molar-refractivity contribution in [2.45, 2.75) is 12.1 Å². The maximum absolute atomic E-state index is 12.2. The topological polar surface area (TPSA) is 155 Å². The smallest absolute Gasteiger partial charge is 0.328 e. The van der Waals surface area contributed by atoms with Gasteiger partial charge in [-0.25, -0.2) is 9.48 Å². The van der Waals surface area contributed by atoms with Gasteiger partial charge in [0.15, 0.2) is 0 Å². The summed E-state index contributed by atoms with van der Waals surface area (Å²) in [5.41, 5.74) is 6.67. The first kappa shape index (κ1) is 13.9. The first-order chi connectivity index (χ1) is 9.85. The summed E-state index contributed by atoms with van der Waals surface area (Å²) in [6.45, 7) is 0.243. The number of nitrogens with zero attached hydrogens (tertiary/aromatic N) is 4. The lowest BCUT2D eigenvalue weighted by atomic mass is 9.98. The number of rotatable bonds is 4. The van der Waals surface area contributed by atoms with Gasteiger partial charge in [-0.05, 0) is 0 Å². The first-order valence-corrected chi connectivity index (χ1v) is 7.28. The van der Waals surface area contributed by atoms with Gasteiger partial charge < -0.3 is 10.6 Å². The lowest BCUT2D eigenvalue weighted by Gasteiger charge is -2.28. The van der Waals surface area contributed by atoms with Crippen molar-refractivity contribution in [1.29, 1.82) is 5.41 Å². The minimum absolute atomic E-state index is 0.0835. The van der Waals surface area contributed by atoms with Gasteiger partial charge in [-0.1, -0.05) is 0 Å². The summed E-state index contributed by atoms with van der Waals surface area (Å²) in [7, 11) is -4.83. The van der Waals surface area contributed by atoms with E-state index in [1.807, 2.05) is 0 Å². The quantitative estimate of drug-likeness (QED) is 0.360. The van der Waals surface area contributed by atoms with Crippen molar-refractivity contribution in [2.24, 2.45) is 5.73 Å². The van der Waals surface area contributed by atoms with Gasteiger partial charge in [0, 0.05) is 18.3 Å². The molecule has 2 amide bonds. The van der Waals surface area contributed by atoms with E-state index in [1.54, 1.807) is 0 Å². The van der Waals surface area contributed by atoms with Crippen LogP contribution in [0, 0.1) is 5.41 Å². The van der Waals surface area contributed by atoms with Gasteiger partial charge in [-0.15, -0.1) is 4.28 Å². The van der Waals surface area contributed by atoms with Crippen LogP contribution in [-0.4, -0.2) is 58.2 Å². The molecule has 114 valence electrons. The zero-order chi connectivity index (χ0) is 15.4. The molecule has 2 bridgehead atoms. The fourth-order valence-corrected chi connectivity index (χ4v) is 3.03. The van der Waals surface area contributed by atoms with E-state index in [0.29, 0.717) is 16.3 Å². The Balaban J connectivity index is 2.08. The molecule has 0 unspecified atom stereocenters. The molecule has 2 atom stereocenters. The number of carbonyl (C=O) groups is 1. The molecule has 11 nitrogen and oxygen atoms in total. The summed E-state index contributed by atoms with van der Waals surface area (Å²) in [6.07, 6.45) is 2.46. The van der Waals surface area contributed by atoms with E-state index >= 15 is 0 Å². The highest BCUT2D eigenvalue weighted by Crippen LogP contribution is 2.42. The Labute approximate surface area is 119 Å². The highest BCUT2D eigenvalue weighted by atomic mass is 32.3. The van der Waals surface area contributed by atoms with E-state index < -0.39 is 28.5 Å². The van der Waals surface area contributed by atoms with Crippen molar-refractivity contribution in [2.75, 3.05) is 13.1 Å². The molecule has 3 heterocycles. The molecule has 2 aliphatic heterocycles. The second-order valence-corrected chi connectivity index (χ2v) is 5.61. The molecule has 12 heteroatoms. The Hall–Kier alpha value is -2.02. The van der Waals surface area contributed by atoms with Gasteiger partial charge in [0.2, 0.25) is 0 Å². The molecule has 0 spiro atoms. The molecule has 1 aromatic rings. The van der Waals surface area contributed by atoms with Gasteiger partial charge in [0.05, 0.1) is 18.3 Å². The summed E-state index contributed by atoms with van der Waals surface area (Å²) >= 11 is 0. The van der Waals surface area contributed by atoms with E-state index in [2.05, 4.69) is 9.38 Å². The fraction of sp³-hybridized carbons (Fsp3) is 0.444. The summed E-state index contributed by atoms with van der Waals surface area (Å²) < 4.78 is 36.1. The predicted molar refractivity (Wildman–Crippen MR) is 67.5 cm³/mol. The lowest BCUT2D eigenvalue weighted by molar-refractivity contribution is -0.0317. The van der Waals surface area contributed by atoms with Crippen LogP contribution in [0.2, 0.25) is 0 Å². The SMILES string of the molecule is N=Cn1cc2c(n1)[C@@H](CN)N1C[C@H]2N(OS(=O)(=O)O)C1=O. The number of carbonyl (C=O) groups excluding carboxylic acids is 1. The zero-order valence-electron chi connectivity index (χ0n) is 10.6. The molecule has 0 saturated carbocycles. The molecule has 1 fully saturated rings. The van der Waals surface area contributed by atoms with Gasteiger partial charge in [0.25, 0.3) is 0 Å². The van der Waals surface area contributed by atoms with Crippen molar-refractivity contribution < 1.29 is 22.0 Å². The Bertz CT molecular complexity index is 714. The van der Waals surface area contributed by atoms with E-state index in [0.717, 1.165) is 6.34 Å². The van der Waals surface area contributed by atoms with Crippen LogP contribution < -0.4 is 5.73 Å². The summed E-state index contributed by atoms with van der Waals surface area (Å²) in [6, 6.07) is -2.00. The Morgan fingerprint density at radius 1 is 1.62 bits per heavy atom. The highest BCUT2D eigenvalue weighted by Gasteiger charge is 2.51. The molecule has 1 aromatic heterocycles. The maximum atomic E-state index is 12.2. The molecule has 21 heavy (non-hydrogen) atoms. The number of aromatic nitrogens is 2. The predicted octanol–water partition coefficient (Wildman–Crippen LogP) is -1.14. The number of hydrogen-bond donors (Lipinski definition) is 3. The Morgan fingerprint density at radius 2 is 2.33 bits per heavy atom. The van der Waals surface area contributed by atoms with E-state index in [-0.39, 0.29) is 13.1 Å². The number of hydrogen-bond acceptors (Lipinski definition) is 7. The van der Waals surface area contributed by atoms with Crippen LogP contribution >= 0.6 is 0 Å². The van der Waals surface area contributed by atoms with Crippen LogP contribution in [0.4, 0.5) is 4.79 Å². The fourth-order valence-electron chi connectivity index (χ4n) is 2.66. The Kier molecular flexibility index (Phi) is 2.98. The highest BCUT2D eigenvalue weighted by molar-refractivity contribution is 7.80. The van der Waals surface area contributed by atoms with Gasteiger partial charge in [0.1, 0.15) is 12.4 Å². The molecule has 4 N–H and O–H groups in total. The normalized spacial score (nSPS) is 24.4. The van der Waals surface area contributed by atoms with Crippen LogP contribution in [0.1, 0.15) is 23.3 Å².